The molecule has 1 N–H and O–H groups in total. The third-order valence-electron chi connectivity index (χ3n) is 2.63. The van der Waals surface area contributed by atoms with Crippen molar-refractivity contribution in [1.82, 2.24) is 4.90 Å². The van der Waals surface area contributed by atoms with E-state index in [1.54, 1.807) is 12.0 Å². The van der Waals surface area contributed by atoms with E-state index in [0.29, 0.717) is 19.6 Å². The van der Waals surface area contributed by atoms with Crippen molar-refractivity contribution in [2.24, 2.45) is 0 Å². The molecule has 1 unspecified atom stereocenters. The van der Waals surface area contributed by atoms with Crippen LogP contribution in [-0.2, 0) is 14.3 Å². The summed E-state index contributed by atoms with van der Waals surface area (Å²) >= 11 is 0. The Labute approximate surface area is 89.0 Å². The minimum absolute atomic E-state index is 0.000556. The molecule has 1 amide bonds. The van der Waals surface area contributed by atoms with Crippen molar-refractivity contribution < 1.29 is 19.4 Å². The number of carboxylic acid groups (broad SMARTS) is 1. The number of rotatable bonds is 5. The van der Waals surface area contributed by atoms with Gasteiger partial charge in [0.05, 0.1) is 19.4 Å². The second kappa shape index (κ2) is 5.70. The second-order valence-electron chi connectivity index (χ2n) is 3.72. The van der Waals surface area contributed by atoms with Crippen molar-refractivity contribution in [2.45, 2.75) is 31.7 Å². The molecule has 5 nitrogen and oxygen atoms in total. The summed E-state index contributed by atoms with van der Waals surface area (Å²) in [6.07, 6.45) is 2.09. The molecule has 1 rings (SSSR count). The summed E-state index contributed by atoms with van der Waals surface area (Å²) in [4.78, 5) is 23.9. The van der Waals surface area contributed by atoms with Gasteiger partial charge in [0.2, 0.25) is 5.91 Å². The molecular formula is C10H17NO4. The molecule has 1 atom stereocenters. The SMILES string of the molecule is COCCC(=O)N1CCCC1CC(=O)O. The van der Waals surface area contributed by atoms with Crippen molar-refractivity contribution in [3.05, 3.63) is 0 Å². The number of aliphatic carboxylic acids is 1. The lowest BCUT2D eigenvalue weighted by molar-refractivity contribution is -0.140. The minimum atomic E-state index is -0.841. The summed E-state index contributed by atoms with van der Waals surface area (Å²) in [6, 6.07) is -0.119. The van der Waals surface area contributed by atoms with Crippen LogP contribution in [0, 0.1) is 0 Å². The molecule has 0 saturated carbocycles. The lowest BCUT2D eigenvalue weighted by Gasteiger charge is -2.23. The first kappa shape index (κ1) is 12.0. The Bertz CT molecular complexity index is 242. The molecule has 1 saturated heterocycles. The number of hydrogen-bond donors (Lipinski definition) is 1. The molecule has 0 aliphatic carbocycles. The summed E-state index contributed by atoms with van der Waals surface area (Å²) < 4.78 is 4.82. The highest BCUT2D eigenvalue weighted by molar-refractivity contribution is 5.78. The third-order valence-corrected chi connectivity index (χ3v) is 2.63. The third kappa shape index (κ3) is 3.51. The van der Waals surface area contributed by atoms with E-state index in [1.807, 2.05) is 0 Å². The Morgan fingerprint density at radius 3 is 2.87 bits per heavy atom. The van der Waals surface area contributed by atoms with E-state index in [9.17, 15) is 9.59 Å². The maximum Gasteiger partial charge on any atom is 0.305 e. The Balaban J connectivity index is 2.44. The van der Waals surface area contributed by atoms with Crippen molar-refractivity contribution in [2.75, 3.05) is 20.3 Å². The van der Waals surface area contributed by atoms with Crippen LogP contribution < -0.4 is 0 Å². The van der Waals surface area contributed by atoms with Gasteiger partial charge in [0.25, 0.3) is 0 Å². The molecule has 0 spiro atoms. The van der Waals surface area contributed by atoms with Crippen molar-refractivity contribution in [3.8, 4) is 0 Å². The number of likely N-dealkylation sites (tertiary alicyclic amines) is 1. The normalized spacial score (nSPS) is 20.6. The highest BCUT2D eigenvalue weighted by Gasteiger charge is 2.29. The van der Waals surface area contributed by atoms with E-state index in [1.165, 1.54) is 0 Å². The Hall–Kier alpha value is -1.10. The number of carbonyl (C=O) groups excluding carboxylic acids is 1. The van der Waals surface area contributed by atoms with E-state index in [-0.39, 0.29) is 18.4 Å². The summed E-state index contributed by atoms with van der Waals surface area (Å²) in [7, 11) is 1.55. The average Bonchev–Trinajstić information content (AvgIpc) is 2.61. The smallest absolute Gasteiger partial charge is 0.305 e. The summed E-state index contributed by atoms with van der Waals surface area (Å²) in [5.41, 5.74) is 0. The lowest BCUT2D eigenvalue weighted by atomic mass is 10.1. The van der Waals surface area contributed by atoms with E-state index in [4.69, 9.17) is 9.84 Å². The van der Waals surface area contributed by atoms with Crippen molar-refractivity contribution in [3.63, 3.8) is 0 Å². The van der Waals surface area contributed by atoms with Gasteiger partial charge in [0, 0.05) is 19.7 Å². The molecule has 1 aliphatic rings. The number of carbonyl (C=O) groups is 2. The van der Waals surface area contributed by atoms with E-state index in [2.05, 4.69) is 0 Å². The Kier molecular flexibility index (Phi) is 4.55. The molecule has 1 heterocycles. The van der Waals surface area contributed by atoms with Gasteiger partial charge in [-0.25, -0.2) is 0 Å². The van der Waals surface area contributed by atoms with Crippen LogP contribution in [0.4, 0.5) is 0 Å². The molecular weight excluding hydrogens is 198 g/mol. The summed E-state index contributed by atoms with van der Waals surface area (Å²) in [6.45, 7) is 1.08. The van der Waals surface area contributed by atoms with Crippen molar-refractivity contribution in [1.29, 1.82) is 0 Å². The number of hydrogen-bond acceptors (Lipinski definition) is 3. The number of carboxylic acids is 1. The predicted molar refractivity (Wildman–Crippen MR) is 53.5 cm³/mol. The van der Waals surface area contributed by atoms with E-state index >= 15 is 0 Å². The standard InChI is InChI=1S/C10H17NO4/c1-15-6-4-9(12)11-5-2-3-8(11)7-10(13)14/h8H,2-7H2,1H3,(H,13,14). The highest BCUT2D eigenvalue weighted by atomic mass is 16.5. The fraction of sp³-hybridized carbons (Fsp3) is 0.800. The zero-order valence-electron chi connectivity index (χ0n) is 8.94. The molecule has 5 heteroatoms. The number of amides is 1. The fourth-order valence-corrected chi connectivity index (χ4v) is 1.91. The fourth-order valence-electron chi connectivity index (χ4n) is 1.91. The average molecular weight is 215 g/mol. The van der Waals surface area contributed by atoms with Crippen LogP contribution in [0.2, 0.25) is 0 Å². The van der Waals surface area contributed by atoms with Gasteiger partial charge < -0.3 is 14.7 Å². The van der Waals surface area contributed by atoms with Gasteiger partial charge in [-0.05, 0) is 12.8 Å². The topological polar surface area (TPSA) is 66.8 Å². The highest BCUT2D eigenvalue weighted by Crippen LogP contribution is 2.20. The quantitative estimate of drug-likeness (QED) is 0.724. The van der Waals surface area contributed by atoms with Crippen LogP contribution in [0.5, 0.6) is 0 Å². The van der Waals surface area contributed by atoms with Gasteiger partial charge in [0.1, 0.15) is 0 Å². The maximum absolute atomic E-state index is 11.6. The van der Waals surface area contributed by atoms with Gasteiger partial charge in [-0.3, -0.25) is 9.59 Å². The molecule has 0 bridgehead atoms. The molecule has 0 aromatic rings. The van der Waals surface area contributed by atoms with Crippen LogP contribution >= 0.6 is 0 Å². The minimum Gasteiger partial charge on any atom is -0.481 e. The van der Waals surface area contributed by atoms with Crippen LogP contribution in [0.15, 0.2) is 0 Å². The zero-order chi connectivity index (χ0) is 11.3. The lowest BCUT2D eigenvalue weighted by Crippen LogP contribution is -2.37. The molecule has 0 aromatic carbocycles. The molecule has 15 heavy (non-hydrogen) atoms. The molecule has 1 aliphatic heterocycles. The predicted octanol–water partition coefficient (Wildman–Crippen LogP) is 0.489. The summed E-state index contributed by atoms with van der Waals surface area (Å²) in [5, 5.41) is 8.69. The number of nitrogens with zero attached hydrogens (tertiary/aromatic N) is 1. The molecule has 0 radical (unpaired) electrons. The Morgan fingerprint density at radius 1 is 1.53 bits per heavy atom. The van der Waals surface area contributed by atoms with Gasteiger partial charge in [-0.2, -0.15) is 0 Å². The summed E-state index contributed by atoms with van der Waals surface area (Å²) in [5.74, 6) is -0.841. The van der Waals surface area contributed by atoms with Gasteiger partial charge >= 0.3 is 5.97 Å². The van der Waals surface area contributed by atoms with Crippen LogP contribution in [0.25, 0.3) is 0 Å². The molecule has 1 fully saturated rings. The first-order chi connectivity index (χ1) is 7.15. The number of ether oxygens (including phenoxy) is 1. The van der Waals surface area contributed by atoms with Crippen LogP contribution in [0.1, 0.15) is 25.7 Å². The maximum atomic E-state index is 11.6. The van der Waals surface area contributed by atoms with Crippen LogP contribution in [0.3, 0.4) is 0 Å². The van der Waals surface area contributed by atoms with Gasteiger partial charge in [0.15, 0.2) is 0 Å². The van der Waals surface area contributed by atoms with Gasteiger partial charge in [-0.1, -0.05) is 0 Å². The number of methoxy groups -OCH3 is 1. The first-order valence-corrected chi connectivity index (χ1v) is 5.15. The molecule has 86 valence electrons. The Morgan fingerprint density at radius 2 is 2.27 bits per heavy atom. The monoisotopic (exact) mass is 215 g/mol. The van der Waals surface area contributed by atoms with E-state index < -0.39 is 5.97 Å². The van der Waals surface area contributed by atoms with Gasteiger partial charge in [-0.15, -0.1) is 0 Å². The van der Waals surface area contributed by atoms with Crippen molar-refractivity contribution >= 4 is 11.9 Å². The molecule has 0 aromatic heterocycles. The second-order valence-corrected chi connectivity index (χ2v) is 3.72. The van der Waals surface area contributed by atoms with Crippen LogP contribution in [-0.4, -0.2) is 48.2 Å². The first-order valence-electron chi connectivity index (χ1n) is 5.15. The largest absolute Gasteiger partial charge is 0.481 e. The zero-order valence-corrected chi connectivity index (χ0v) is 8.94. The van der Waals surface area contributed by atoms with E-state index in [0.717, 1.165) is 12.8 Å².